The van der Waals surface area contributed by atoms with Crippen LogP contribution in [0.25, 0.3) is 0 Å². The van der Waals surface area contributed by atoms with Crippen LogP contribution in [0.1, 0.15) is 24.8 Å². The van der Waals surface area contributed by atoms with E-state index < -0.39 is 0 Å². The molecule has 6 heteroatoms. The van der Waals surface area contributed by atoms with Gasteiger partial charge in [-0.3, -0.25) is 9.59 Å². The summed E-state index contributed by atoms with van der Waals surface area (Å²) < 4.78 is 0. The molecule has 1 fully saturated rings. The molecule has 1 saturated heterocycles. The Balaban J connectivity index is 1.82. The highest BCUT2D eigenvalue weighted by Gasteiger charge is 2.25. The van der Waals surface area contributed by atoms with Crippen molar-refractivity contribution < 1.29 is 9.59 Å². The number of benzene rings is 1. The largest absolute Gasteiger partial charge is 0.369 e. The molecule has 1 aliphatic rings. The van der Waals surface area contributed by atoms with Gasteiger partial charge in [0.1, 0.15) is 0 Å². The van der Waals surface area contributed by atoms with Crippen molar-refractivity contribution in [2.75, 3.05) is 13.1 Å². The number of amides is 2. The number of primary amides is 1. The Morgan fingerprint density at radius 3 is 2.43 bits per heavy atom. The van der Waals surface area contributed by atoms with Gasteiger partial charge in [0.2, 0.25) is 11.8 Å². The second-order valence-corrected chi connectivity index (χ2v) is 6.12. The van der Waals surface area contributed by atoms with Crippen molar-refractivity contribution in [3.05, 3.63) is 33.8 Å². The minimum atomic E-state index is -0.266. The molecule has 0 radical (unpaired) electrons. The maximum Gasteiger partial charge on any atom is 0.222 e. The van der Waals surface area contributed by atoms with E-state index in [1.807, 2.05) is 6.07 Å². The van der Waals surface area contributed by atoms with Crippen molar-refractivity contribution in [2.24, 2.45) is 11.7 Å². The molecule has 0 aliphatic carbocycles. The third-order valence-corrected chi connectivity index (χ3v) is 4.60. The maximum absolute atomic E-state index is 12.2. The monoisotopic (exact) mass is 328 g/mol. The highest BCUT2D eigenvalue weighted by Crippen LogP contribution is 2.23. The molecule has 4 nitrogen and oxygen atoms in total. The number of carbonyl (C=O) groups excluding carboxylic acids is 2. The van der Waals surface area contributed by atoms with Crippen molar-refractivity contribution in [3.8, 4) is 0 Å². The highest BCUT2D eigenvalue weighted by atomic mass is 35.5. The Morgan fingerprint density at radius 1 is 1.19 bits per heavy atom. The van der Waals surface area contributed by atoms with Crippen molar-refractivity contribution >= 4 is 35.0 Å². The molecule has 0 unspecified atom stereocenters. The predicted octanol–water partition coefficient (Wildman–Crippen LogP) is 2.65. The molecule has 1 aromatic rings. The minimum absolute atomic E-state index is 0.0934. The maximum atomic E-state index is 12.2. The zero-order chi connectivity index (χ0) is 15.4. The fraction of sp³-hybridized carbons (Fsp3) is 0.467. The van der Waals surface area contributed by atoms with Crippen LogP contribution in [0.5, 0.6) is 0 Å². The van der Waals surface area contributed by atoms with Gasteiger partial charge < -0.3 is 10.6 Å². The summed E-state index contributed by atoms with van der Waals surface area (Å²) in [5.41, 5.74) is 6.27. The molecule has 0 spiro atoms. The normalized spacial score (nSPS) is 16.0. The highest BCUT2D eigenvalue weighted by molar-refractivity contribution is 6.42. The lowest BCUT2D eigenvalue weighted by atomic mass is 9.96. The second kappa shape index (κ2) is 7.14. The average molecular weight is 329 g/mol. The zero-order valence-electron chi connectivity index (χ0n) is 11.6. The summed E-state index contributed by atoms with van der Waals surface area (Å²) >= 11 is 11.8. The van der Waals surface area contributed by atoms with Crippen LogP contribution in [0.15, 0.2) is 18.2 Å². The van der Waals surface area contributed by atoms with Crippen LogP contribution in [-0.2, 0) is 16.0 Å². The van der Waals surface area contributed by atoms with Crippen LogP contribution in [0, 0.1) is 5.92 Å². The van der Waals surface area contributed by atoms with Crippen molar-refractivity contribution in [1.29, 1.82) is 0 Å². The zero-order valence-corrected chi connectivity index (χ0v) is 13.2. The molecule has 1 aromatic carbocycles. The summed E-state index contributed by atoms with van der Waals surface area (Å²) in [6, 6.07) is 5.40. The summed E-state index contributed by atoms with van der Waals surface area (Å²) in [4.78, 5) is 25.0. The summed E-state index contributed by atoms with van der Waals surface area (Å²) in [6.07, 6.45) is 2.38. The van der Waals surface area contributed by atoms with Crippen LogP contribution in [0.4, 0.5) is 0 Å². The van der Waals surface area contributed by atoms with Gasteiger partial charge in [-0.2, -0.15) is 0 Å². The second-order valence-electron chi connectivity index (χ2n) is 5.31. The van der Waals surface area contributed by atoms with Crippen LogP contribution >= 0.6 is 23.2 Å². The van der Waals surface area contributed by atoms with Crippen molar-refractivity contribution in [3.63, 3.8) is 0 Å². The minimum Gasteiger partial charge on any atom is -0.369 e. The van der Waals surface area contributed by atoms with Crippen LogP contribution < -0.4 is 5.73 Å². The molecule has 114 valence electrons. The lowest BCUT2D eigenvalue weighted by Gasteiger charge is -2.30. The van der Waals surface area contributed by atoms with Gasteiger partial charge in [0.15, 0.2) is 0 Å². The number of likely N-dealkylation sites (tertiary alicyclic amines) is 1. The van der Waals surface area contributed by atoms with Gasteiger partial charge in [0.05, 0.1) is 10.0 Å². The quantitative estimate of drug-likeness (QED) is 0.923. The first-order valence-corrected chi connectivity index (χ1v) is 7.74. The van der Waals surface area contributed by atoms with Gasteiger partial charge in [0, 0.05) is 25.4 Å². The fourth-order valence-corrected chi connectivity index (χ4v) is 2.84. The molecular weight excluding hydrogens is 311 g/mol. The Labute approximate surface area is 134 Å². The van der Waals surface area contributed by atoms with E-state index in [9.17, 15) is 9.59 Å². The summed E-state index contributed by atoms with van der Waals surface area (Å²) in [6.45, 7) is 1.21. The standard InChI is InChI=1S/C15H18Cl2N2O2/c16-12-3-1-10(9-13(12)17)2-4-14(20)19-7-5-11(6-8-19)15(18)21/h1,3,9,11H,2,4-8H2,(H2,18,21). The lowest BCUT2D eigenvalue weighted by molar-refractivity contribution is -0.134. The SMILES string of the molecule is NC(=O)C1CCN(C(=O)CCc2ccc(Cl)c(Cl)c2)CC1. The van der Waals surface area contributed by atoms with Gasteiger partial charge in [-0.15, -0.1) is 0 Å². The van der Waals surface area contributed by atoms with Gasteiger partial charge in [-0.1, -0.05) is 29.3 Å². The molecule has 2 N–H and O–H groups in total. The first-order valence-electron chi connectivity index (χ1n) is 6.98. The van der Waals surface area contributed by atoms with E-state index in [2.05, 4.69) is 0 Å². The topological polar surface area (TPSA) is 63.4 Å². The van der Waals surface area contributed by atoms with Crippen LogP contribution in [0.3, 0.4) is 0 Å². The third-order valence-electron chi connectivity index (χ3n) is 3.86. The Kier molecular flexibility index (Phi) is 5.48. The Hall–Kier alpha value is -1.26. The van der Waals surface area contributed by atoms with Crippen LogP contribution in [-0.4, -0.2) is 29.8 Å². The lowest BCUT2D eigenvalue weighted by Crippen LogP contribution is -2.41. The molecule has 1 aliphatic heterocycles. The van der Waals surface area contributed by atoms with E-state index in [0.29, 0.717) is 48.8 Å². The number of aryl methyl sites for hydroxylation is 1. The first-order chi connectivity index (χ1) is 9.97. The fourth-order valence-electron chi connectivity index (χ4n) is 2.52. The van der Waals surface area contributed by atoms with Gasteiger partial charge in [-0.25, -0.2) is 0 Å². The van der Waals surface area contributed by atoms with E-state index in [1.54, 1.807) is 17.0 Å². The molecule has 0 atom stereocenters. The van der Waals surface area contributed by atoms with Gasteiger partial charge in [-0.05, 0) is 37.0 Å². The number of hydrogen-bond donors (Lipinski definition) is 1. The summed E-state index contributed by atoms with van der Waals surface area (Å²) in [7, 11) is 0. The third kappa shape index (κ3) is 4.35. The van der Waals surface area contributed by atoms with Crippen molar-refractivity contribution in [2.45, 2.75) is 25.7 Å². The number of piperidine rings is 1. The molecule has 21 heavy (non-hydrogen) atoms. The smallest absolute Gasteiger partial charge is 0.222 e. The van der Waals surface area contributed by atoms with E-state index in [0.717, 1.165) is 5.56 Å². The van der Waals surface area contributed by atoms with Gasteiger partial charge >= 0.3 is 0 Å². The molecule has 0 aromatic heterocycles. The number of rotatable bonds is 4. The molecular formula is C15H18Cl2N2O2. The molecule has 0 saturated carbocycles. The van der Waals surface area contributed by atoms with Crippen molar-refractivity contribution in [1.82, 2.24) is 4.90 Å². The van der Waals surface area contributed by atoms with E-state index in [4.69, 9.17) is 28.9 Å². The number of halogens is 2. The summed E-state index contributed by atoms with van der Waals surface area (Å²) in [5, 5.41) is 1.02. The first kappa shape index (κ1) is 16.1. The Bertz CT molecular complexity index is 540. The van der Waals surface area contributed by atoms with Gasteiger partial charge in [0.25, 0.3) is 0 Å². The number of hydrogen-bond acceptors (Lipinski definition) is 2. The van der Waals surface area contributed by atoms with E-state index in [-0.39, 0.29) is 17.7 Å². The number of nitrogens with zero attached hydrogens (tertiary/aromatic N) is 1. The summed E-state index contributed by atoms with van der Waals surface area (Å²) in [5.74, 6) is -0.258. The predicted molar refractivity (Wildman–Crippen MR) is 83.3 cm³/mol. The van der Waals surface area contributed by atoms with E-state index >= 15 is 0 Å². The molecule has 2 rings (SSSR count). The van der Waals surface area contributed by atoms with E-state index in [1.165, 1.54) is 0 Å². The number of carbonyl (C=O) groups is 2. The average Bonchev–Trinajstić information content (AvgIpc) is 2.48. The number of nitrogens with two attached hydrogens (primary N) is 1. The molecule has 0 bridgehead atoms. The van der Waals surface area contributed by atoms with Crippen LogP contribution in [0.2, 0.25) is 10.0 Å². The molecule has 2 amide bonds. The molecule has 1 heterocycles. The Morgan fingerprint density at radius 2 is 1.86 bits per heavy atom.